The molecule has 0 radical (unpaired) electrons. The van der Waals surface area contributed by atoms with E-state index in [4.69, 9.17) is 19.8 Å². The number of hydrogen-bond acceptors (Lipinski definition) is 3. The molecular weight excluding hydrogens is 233 g/mol. The molecule has 0 aromatic carbocycles. The molecule has 0 saturated carbocycles. The minimum atomic E-state index is -1.82. The van der Waals surface area contributed by atoms with E-state index < -0.39 is 11.9 Å². The molecule has 0 amide bonds. The third kappa shape index (κ3) is 5.39. The molecule has 1 fully saturated rings. The minimum absolute atomic E-state index is 0.0625. The summed E-state index contributed by atoms with van der Waals surface area (Å²) in [6.07, 6.45) is 2.31. The fourth-order valence-corrected chi connectivity index (χ4v) is 2.61. The summed E-state index contributed by atoms with van der Waals surface area (Å²) in [7, 11) is 1.05. The van der Waals surface area contributed by atoms with E-state index in [9.17, 15) is 5.21 Å². The van der Waals surface area contributed by atoms with Gasteiger partial charge in [-0.15, -0.1) is 8.58 Å². The van der Waals surface area contributed by atoms with Crippen LogP contribution in [0.25, 0.3) is 0 Å². The van der Waals surface area contributed by atoms with E-state index in [0.717, 1.165) is 34.0 Å². The van der Waals surface area contributed by atoms with Gasteiger partial charge in [0.15, 0.2) is 0 Å². The Morgan fingerprint density at radius 2 is 1.56 bits per heavy atom. The fraction of sp³-hybridized carbons (Fsp3) is 0.778. The maximum absolute atomic E-state index is 11.8. The summed E-state index contributed by atoms with van der Waals surface area (Å²) >= 11 is 0. The third-order valence-corrected chi connectivity index (χ3v) is 3.61. The van der Waals surface area contributed by atoms with Crippen LogP contribution in [-0.2, 0) is 9.59 Å². The van der Waals surface area contributed by atoms with Gasteiger partial charge >= 0.3 is 11.9 Å². The predicted molar refractivity (Wildman–Crippen MR) is 61.8 cm³/mol. The molecular formula is C9H18NO5P. The number of quaternary nitrogens is 1. The zero-order valence-electron chi connectivity index (χ0n) is 9.47. The highest BCUT2D eigenvalue weighted by Crippen LogP contribution is 2.23. The number of rotatable bonds is 1. The van der Waals surface area contributed by atoms with Crippen LogP contribution in [0.2, 0.25) is 0 Å². The molecule has 1 heterocycles. The van der Waals surface area contributed by atoms with Gasteiger partial charge in [0.25, 0.3) is 0 Å². The standard InChI is InChI=1S/C7H16NOP.C2H2O4/c1-7(2)8(9)3-5-10-6-4-8;3-1(4)2(5)6/h7,10H,3-6H2,1-2H3;(H,3,4)(H,5,6). The van der Waals surface area contributed by atoms with Crippen molar-refractivity contribution in [2.75, 3.05) is 25.4 Å². The molecule has 0 aromatic rings. The van der Waals surface area contributed by atoms with E-state index in [0.29, 0.717) is 0 Å². The lowest BCUT2D eigenvalue weighted by atomic mass is 10.3. The molecule has 0 aromatic heterocycles. The number of carboxylic acid groups (broad SMARTS) is 2. The second-order valence-corrected chi connectivity index (χ2v) is 5.35. The Hall–Kier alpha value is -0.710. The minimum Gasteiger partial charge on any atom is -0.633 e. The summed E-state index contributed by atoms with van der Waals surface area (Å²) in [4.78, 5) is 18.2. The lowest BCUT2D eigenvalue weighted by molar-refractivity contribution is -0.898. The number of carboxylic acids is 2. The van der Waals surface area contributed by atoms with Gasteiger partial charge in [0.1, 0.15) is 0 Å². The summed E-state index contributed by atoms with van der Waals surface area (Å²) in [6, 6.07) is 0.269. The molecule has 2 N–H and O–H groups in total. The van der Waals surface area contributed by atoms with Crippen LogP contribution in [0, 0.1) is 5.21 Å². The van der Waals surface area contributed by atoms with Crippen LogP contribution in [0.4, 0.5) is 0 Å². The zero-order valence-corrected chi connectivity index (χ0v) is 10.5. The second kappa shape index (κ2) is 6.78. The number of nitrogens with zero attached hydrogens (tertiary/aromatic N) is 1. The molecule has 7 heteroatoms. The van der Waals surface area contributed by atoms with Crippen molar-refractivity contribution in [2.24, 2.45) is 0 Å². The lowest BCUT2D eigenvalue weighted by Crippen LogP contribution is -2.52. The molecule has 94 valence electrons. The van der Waals surface area contributed by atoms with Gasteiger partial charge in [0.2, 0.25) is 0 Å². The van der Waals surface area contributed by atoms with Crippen LogP contribution < -0.4 is 0 Å². The van der Waals surface area contributed by atoms with Gasteiger partial charge in [-0.1, -0.05) is 0 Å². The zero-order chi connectivity index (χ0) is 12.8. The van der Waals surface area contributed by atoms with Crippen molar-refractivity contribution in [3.63, 3.8) is 0 Å². The van der Waals surface area contributed by atoms with Crippen molar-refractivity contribution in [2.45, 2.75) is 19.9 Å². The average molecular weight is 251 g/mol. The van der Waals surface area contributed by atoms with Gasteiger partial charge in [0.05, 0.1) is 19.1 Å². The van der Waals surface area contributed by atoms with Crippen LogP contribution >= 0.6 is 8.58 Å². The first-order valence-electron chi connectivity index (χ1n) is 5.04. The Bertz CT molecular complexity index is 238. The van der Waals surface area contributed by atoms with Crippen molar-refractivity contribution >= 4 is 20.5 Å². The first-order valence-corrected chi connectivity index (χ1v) is 6.45. The van der Waals surface area contributed by atoms with E-state index in [1.54, 1.807) is 0 Å². The average Bonchev–Trinajstić information content (AvgIpc) is 2.19. The maximum Gasteiger partial charge on any atom is 0.414 e. The van der Waals surface area contributed by atoms with Crippen LogP contribution in [0.5, 0.6) is 0 Å². The number of hydroxylamine groups is 3. The van der Waals surface area contributed by atoms with E-state index in [2.05, 4.69) is 0 Å². The molecule has 0 atom stereocenters. The first kappa shape index (κ1) is 15.3. The van der Waals surface area contributed by atoms with Gasteiger partial charge in [-0.25, -0.2) is 9.59 Å². The van der Waals surface area contributed by atoms with Crippen molar-refractivity contribution in [3.8, 4) is 0 Å². The highest BCUT2D eigenvalue weighted by Gasteiger charge is 2.23. The van der Waals surface area contributed by atoms with E-state index >= 15 is 0 Å². The molecule has 16 heavy (non-hydrogen) atoms. The molecule has 1 aliphatic heterocycles. The van der Waals surface area contributed by atoms with Crippen LogP contribution in [-0.4, -0.2) is 58.3 Å². The molecule has 0 spiro atoms. The molecule has 0 bridgehead atoms. The number of hydrogen-bond donors (Lipinski definition) is 2. The van der Waals surface area contributed by atoms with Crippen LogP contribution in [0.15, 0.2) is 0 Å². The Morgan fingerprint density at radius 3 is 1.75 bits per heavy atom. The summed E-state index contributed by atoms with van der Waals surface area (Å²) in [6.45, 7) is 5.77. The molecule has 1 aliphatic rings. The van der Waals surface area contributed by atoms with Crippen LogP contribution in [0.3, 0.4) is 0 Å². The molecule has 1 saturated heterocycles. The van der Waals surface area contributed by atoms with E-state index in [1.165, 1.54) is 0 Å². The molecule has 1 rings (SSSR count). The Balaban J connectivity index is 0.000000325. The van der Waals surface area contributed by atoms with Crippen molar-refractivity contribution in [1.29, 1.82) is 0 Å². The fourth-order valence-electron chi connectivity index (χ4n) is 1.29. The normalized spacial score (nSPS) is 26.0. The highest BCUT2D eigenvalue weighted by molar-refractivity contribution is 7.38. The molecule has 0 aliphatic carbocycles. The summed E-state index contributed by atoms with van der Waals surface area (Å²) < 4.78 is 0.0625. The second-order valence-electron chi connectivity index (χ2n) is 3.85. The first-order chi connectivity index (χ1) is 7.29. The Kier molecular flexibility index (Phi) is 6.48. The largest absolute Gasteiger partial charge is 0.633 e. The van der Waals surface area contributed by atoms with Crippen LogP contribution in [0.1, 0.15) is 13.8 Å². The number of aliphatic carboxylic acids is 2. The SMILES string of the molecule is CC(C)[N+]1([O-])CCPCC1.O=C(O)C(=O)O. The van der Waals surface area contributed by atoms with Crippen molar-refractivity contribution in [3.05, 3.63) is 5.21 Å². The van der Waals surface area contributed by atoms with Gasteiger partial charge in [0, 0.05) is 12.3 Å². The number of carbonyl (C=O) groups is 2. The van der Waals surface area contributed by atoms with Crippen molar-refractivity contribution in [1.82, 2.24) is 0 Å². The van der Waals surface area contributed by atoms with E-state index in [-0.39, 0.29) is 10.7 Å². The summed E-state index contributed by atoms with van der Waals surface area (Å²) in [5.41, 5.74) is 0. The molecule has 6 nitrogen and oxygen atoms in total. The third-order valence-electron chi connectivity index (χ3n) is 2.46. The Labute approximate surface area is 96.2 Å². The highest BCUT2D eigenvalue weighted by atomic mass is 31.1. The van der Waals surface area contributed by atoms with Crippen molar-refractivity contribution < 1.29 is 24.4 Å². The monoisotopic (exact) mass is 251 g/mol. The van der Waals surface area contributed by atoms with Gasteiger partial charge in [-0.05, 0) is 13.8 Å². The summed E-state index contributed by atoms with van der Waals surface area (Å²) in [5, 5.41) is 26.5. The van der Waals surface area contributed by atoms with Gasteiger partial charge in [-0.2, -0.15) is 0 Å². The quantitative estimate of drug-likeness (QED) is 0.307. The van der Waals surface area contributed by atoms with Gasteiger partial charge in [-0.3, -0.25) is 0 Å². The van der Waals surface area contributed by atoms with E-state index in [1.807, 2.05) is 13.8 Å². The Morgan fingerprint density at radius 1 is 1.19 bits per heavy atom. The lowest BCUT2D eigenvalue weighted by Gasteiger charge is -2.48. The maximum atomic E-state index is 11.8. The topological polar surface area (TPSA) is 97.7 Å². The molecule has 0 unspecified atom stereocenters. The summed E-state index contributed by atoms with van der Waals surface area (Å²) in [5.74, 6) is -3.65. The van der Waals surface area contributed by atoms with Gasteiger partial charge < -0.3 is 20.1 Å². The smallest absolute Gasteiger partial charge is 0.414 e. The predicted octanol–water partition coefficient (Wildman–Crippen LogP) is 0.557.